The number of hydrogen-bond donors (Lipinski definition) is 4. The molecule has 4 nitrogen and oxygen atoms in total. The van der Waals surface area contributed by atoms with E-state index in [-0.39, 0.29) is 24.4 Å². The second-order valence-corrected chi connectivity index (χ2v) is 3.15. The summed E-state index contributed by atoms with van der Waals surface area (Å²) in [5.41, 5.74) is 11.5. The van der Waals surface area contributed by atoms with Gasteiger partial charge in [0.2, 0.25) is 0 Å². The summed E-state index contributed by atoms with van der Waals surface area (Å²) in [6.07, 6.45) is 3.64. The lowest BCUT2D eigenvalue weighted by atomic mass is 9.83. The van der Waals surface area contributed by atoms with Crippen molar-refractivity contribution in [2.75, 3.05) is 0 Å². The van der Waals surface area contributed by atoms with Crippen molar-refractivity contribution >= 4 is 0 Å². The van der Waals surface area contributed by atoms with Crippen LogP contribution >= 0.6 is 0 Å². The Labute approximate surface area is 68.9 Å². The Balaban J connectivity index is 0. The Hall–Kier alpha value is -0.160. The summed E-state index contributed by atoms with van der Waals surface area (Å²) in [7, 11) is 0. The van der Waals surface area contributed by atoms with Crippen molar-refractivity contribution in [2.45, 2.75) is 38.3 Å². The van der Waals surface area contributed by atoms with Gasteiger partial charge in [0, 0.05) is 12.1 Å². The van der Waals surface area contributed by atoms with Gasteiger partial charge in [0.1, 0.15) is 0 Å². The van der Waals surface area contributed by atoms with Crippen LogP contribution in [0.2, 0.25) is 0 Å². The van der Waals surface area contributed by atoms with E-state index in [4.69, 9.17) is 11.5 Å². The molecule has 4 heteroatoms. The Bertz CT molecular complexity index is 86.4. The summed E-state index contributed by atoms with van der Waals surface area (Å²) in [6.45, 7) is 2.18. The molecule has 0 aromatic carbocycles. The maximum atomic E-state index is 5.80. The van der Waals surface area contributed by atoms with Crippen LogP contribution in [-0.4, -0.2) is 12.1 Å². The molecule has 70 valence electrons. The van der Waals surface area contributed by atoms with E-state index in [1.807, 2.05) is 0 Å². The van der Waals surface area contributed by atoms with E-state index in [1.54, 1.807) is 0 Å². The molecule has 0 aromatic heterocycles. The minimum atomic E-state index is 0. The zero-order valence-corrected chi connectivity index (χ0v) is 7.42. The molecular formula is C7H22N4. The van der Waals surface area contributed by atoms with Crippen molar-refractivity contribution in [1.82, 2.24) is 12.3 Å². The predicted octanol–water partition coefficient (Wildman–Crippen LogP) is 0.785. The summed E-state index contributed by atoms with van der Waals surface area (Å²) in [5, 5.41) is 0. The van der Waals surface area contributed by atoms with Gasteiger partial charge in [-0.1, -0.05) is 13.3 Å². The van der Waals surface area contributed by atoms with E-state index in [0.717, 1.165) is 6.42 Å². The molecule has 0 radical (unpaired) electrons. The van der Waals surface area contributed by atoms with Gasteiger partial charge in [-0.15, -0.1) is 0 Å². The van der Waals surface area contributed by atoms with Crippen molar-refractivity contribution in [3.63, 3.8) is 0 Å². The standard InChI is InChI=1S/C7H16N2.2H3N/c1-5-3-2-4-6(8)7(5)9;;/h5-7H,2-4,8-9H2,1H3;2*1H3. The van der Waals surface area contributed by atoms with E-state index >= 15 is 0 Å². The molecule has 0 aliphatic heterocycles. The van der Waals surface area contributed by atoms with E-state index < -0.39 is 0 Å². The SMILES string of the molecule is CC1CCCC(N)C1N.N.N. The molecule has 1 aliphatic rings. The van der Waals surface area contributed by atoms with Gasteiger partial charge in [0.25, 0.3) is 0 Å². The van der Waals surface area contributed by atoms with E-state index in [9.17, 15) is 0 Å². The molecular weight excluding hydrogens is 140 g/mol. The minimum absolute atomic E-state index is 0. The highest BCUT2D eigenvalue weighted by atomic mass is 14.8. The summed E-state index contributed by atoms with van der Waals surface area (Å²) >= 11 is 0. The Morgan fingerprint density at radius 2 is 1.64 bits per heavy atom. The first kappa shape index (κ1) is 13.4. The highest BCUT2D eigenvalue weighted by Crippen LogP contribution is 2.20. The van der Waals surface area contributed by atoms with Crippen LogP contribution in [0.1, 0.15) is 26.2 Å². The quantitative estimate of drug-likeness (QED) is 0.420. The molecule has 1 fully saturated rings. The lowest BCUT2D eigenvalue weighted by Gasteiger charge is -2.30. The third-order valence-corrected chi connectivity index (χ3v) is 2.35. The Morgan fingerprint density at radius 3 is 2.00 bits per heavy atom. The van der Waals surface area contributed by atoms with Crippen LogP contribution < -0.4 is 23.8 Å². The fourth-order valence-electron chi connectivity index (χ4n) is 1.48. The van der Waals surface area contributed by atoms with Gasteiger partial charge in [-0.3, -0.25) is 0 Å². The molecule has 11 heavy (non-hydrogen) atoms. The molecule has 0 heterocycles. The first-order valence-corrected chi connectivity index (χ1v) is 3.73. The molecule has 0 spiro atoms. The molecule has 1 saturated carbocycles. The van der Waals surface area contributed by atoms with Gasteiger partial charge in [0.15, 0.2) is 0 Å². The normalized spacial score (nSPS) is 36.8. The van der Waals surface area contributed by atoms with Crippen LogP contribution in [0, 0.1) is 5.92 Å². The van der Waals surface area contributed by atoms with Gasteiger partial charge in [-0.25, -0.2) is 0 Å². The maximum Gasteiger partial charge on any atom is 0.0218 e. The van der Waals surface area contributed by atoms with Gasteiger partial charge in [-0.05, 0) is 18.8 Å². The van der Waals surface area contributed by atoms with Gasteiger partial charge >= 0.3 is 0 Å². The molecule has 1 aliphatic carbocycles. The average molecular weight is 162 g/mol. The van der Waals surface area contributed by atoms with Crippen LogP contribution in [0.25, 0.3) is 0 Å². The van der Waals surface area contributed by atoms with Crippen molar-refractivity contribution in [3.8, 4) is 0 Å². The van der Waals surface area contributed by atoms with Crippen LogP contribution in [0.15, 0.2) is 0 Å². The van der Waals surface area contributed by atoms with Crippen LogP contribution in [0.3, 0.4) is 0 Å². The van der Waals surface area contributed by atoms with Crippen molar-refractivity contribution in [2.24, 2.45) is 17.4 Å². The molecule has 10 N–H and O–H groups in total. The van der Waals surface area contributed by atoms with Gasteiger partial charge < -0.3 is 23.8 Å². The first-order chi connectivity index (χ1) is 4.22. The fourth-order valence-corrected chi connectivity index (χ4v) is 1.48. The molecule has 1 rings (SSSR count). The van der Waals surface area contributed by atoms with Crippen LogP contribution in [0.5, 0.6) is 0 Å². The largest absolute Gasteiger partial charge is 0.344 e. The second kappa shape index (κ2) is 5.49. The lowest BCUT2D eigenvalue weighted by Crippen LogP contribution is -2.48. The third-order valence-electron chi connectivity index (χ3n) is 2.35. The van der Waals surface area contributed by atoms with E-state index in [2.05, 4.69) is 6.92 Å². The Kier molecular flexibility index (Phi) is 6.70. The van der Waals surface area contributed by atoms with Crippen LogP contribution in [-0.2, 0) is 0 Å². The number of hydrogen-bond acceptors (Lipinski definition) is 4. The van der Waals surface area contributed by atoms with E-state index in [1.165, 1.54) is 12.8 Å². The lowest BCUT2D eigenvalue weighted by molar-refractivity contribution is 0.293. The van der Waals surface area contributed by atoms with Crippen molar-refractivity contribution in [1.29, 1.82) is 0 Å². The summed E-state index contributed by atoms with van der Waals surface area (Å²) < 4.78 is 0. The first-order valence-electron chi connectivity index (χ1n) is 3.73. The zero-order chi connectivity index (χ0) is 6.85. The highest BCUT2D eigenvalue weighted by Gasteiger charge is 2.23. The highest BCUT2D eigenvalue weighted by molar-refractivity contribution is 4.84. The molecule has 3 unspecified atom stereocenters. The van der Waals surface area contributed by atoms with Gasteiger partial charge in [-0.2, -0.15) is 0 Å². The number of nitrogens with two attached hydrogens (primary N) is 2. The topological polar surface area (TPSA) is 122 Å². The molecule has 0 aromatic rings. The average Bonchev–Trinajstić information content (AvgIpc) is 1.83. The maximum absolute atomic E-state index is 5.80. The molecule has 3 atom stereocenters. The number of rotatable bonds is 0. The van der Waals surface area contributed by atoms with Crippen LogP contribution in [0.4, 0.5) is 0 Å². The summed E-state index contributed by atoms with van der Waals surface area (Å²) in [4.78, 5) is 0. The predicted molar refractivity (Wildman–Crippen MR) is 49.0 cm³/mol. The van der Waals surface area contributed by atoms with Crippen molar-refractivity contribution in [3.05, 3.63) is 0 Å². The second-order valence-electron chi connectivity index (χ2n) is 3.15. The van der Waals surface area contributed by atoms with Gasteiger partial charge in [0.05, 0.1) is 0 Å². The summed E-state index contributed by atoms with van der Waals surface area (Å²) in [6, 6.07) is 0.507. The third kappa shape index (κ3) is 3.16. The molecule has 0 saturated heterocycles. The zero-order valence-electron chi connectivity index (χ0n) is 7.42. The Morgan fingerprint density at radius 1 is 1.09 bits per heavy atom. The molecule has 0 amide bonds. The summed E-state index contributed by atoms with van der Waals surface area (Å²) in [5.74, 6) is 0.633. The van der Waals surface area contributed by atoms with E-state index in [0.29, 0.717) is 5.92 Å². The monoisotopic (exact) mass is 162 g/mol. The van der Waals surface area contributed by atoms with Crippen molar-refractivity contribution < 1.29 is 0 Å². The molecule has 0 bridgehead atoms. The minimum Gasteiger partial charge on any atom is -0.344 e. The fraction of sp³-hybridized carbons (Fsp3) is 1.00. The smallest absolute Gasteiger partial charge is 0.0218 e.